The first-order chi connectivity index (χ1) is 5.65. The van der Waals surface area contributed by atoms with Gasteiger partial charge in [0, 0.05) is 3.57 Å². The highest BCUT2D eigenvalue weighted by atomic mass is 127. The standard InChI is InChI=1S/C10H10IN/c1-7(2)8-3-4-10(11)9(5-8)6-12/h3-5,7H,1-2H3. The molecule has 12 heavy (non-hydrogen) atoms. The van der Waals surface area contributed by atoms with Crippen molar-refractivity contribution in [2.75, 3.05) is 0 Å². The van der Waals surface area contributed by atoms with E-state index in [4.69, 9.17) is 5.26 Å². The highest BCUT2D eigenvalue weighted by Gasteiger charge is 2.02. The van der Waals surface area contributed by atoms with Gasteiger partial charge in [-0.2, -0.15) is 5.26 Å². The van der Waals surface area contributed by atoms with Crippen molar-refractivity contribution in [3.05, 3.63) is 32.9 Å². The number of nitrogens with zero attached hydrogens (tertiary/aromatic N) is 1. The molecule has 62 valence electrons. The van der Waals surface area contributed by atoms with Crippen LogP contribution in [0.1, 0.15) is 30.9 Å². The smallest absolute Gasteiger partial charge is 0.100 e. The molecule has 0 N–H and O–H groups in total. The van der Waals surface area contributed by atoms with Crippen molar-refractivity contribution in [3.63, 3.8) is 0 Å². The van der Waals surface area contributed by atoms with Crippen molar-refractivity contribution in [1.29, 1.82) is 5.26 Å². The van der Waals surface area contributed by atoms with Gasteiger partial charge in [-0.1, -0.05) is 19.9 Å². The monoisotopic (exact) mass is 271 g/mol. The van der Waals surface area contributed by atoms with E-state index in [1.54, 1.807) is 0 Å². The van der Waals surface area contributed by atoms with E-state index >= 15 is 0 Å². The molecule has 1 nitrogen and oxygen atoms in total. The normalized spacial score (nSPS) is 9.92. The lowest BCUT2D eigenvalue weighted by Crippen LogP contribution is -1.90. The van der Waals surface area contributed by atoms with Crippen LogP contribution in [0, 0.1) is 14.9 Å². The second kappa shape index (κ2) is 3.90. The van der Waals surface area contributed by atoms with Crippen LogP contribution in [-0.2, 0) is 0 Å². The highest BCUT2D eigenvalue weighted by Crippen LogP contribution is 2.19. The molecule has 0 atom stereocenters. The lowest BCUT2D eigenvalue weighted by molar-refractivity contribution is 0.865. The van der Waals surface area contributed by atoms with Crippen LogP contribution in [0.15, 0.2) is 18.2 Å². The molecule has 0 fully saturated rings. The summed E-state index contributed by atoms with van der Waals surface area (Å²) < 4.78 is 1.03. The van der Waals surface area contributed by atoms with E-state index in [2.05, 4.69) is 48.6 Å². The van der Waals surface area contributed by atoms with Gasteiger partial charge in [-0.05, 0) is 46.2 Å². The molecular weight excluding hydrogens is 261 g/mol. The van der Waals surface area contributed by atoms with Gasteiger partial charge in [0.05, 0.1) is 5.56 Å². The first kappa shape index (κ1) is 9.53. The number of rotatable bonds is 1. The molecule has 0 heterocycles. The number of nitriles is 1. The van der Waals surface area contributed by atoms with Gasteiger partial charge in [-0.25, -0.2) is 0 Å². The molecular formula is C10H10IN. The van der Waals surface area contributed by atoms with E-state index in [0.717, 1.165) is 9.13 Å². The number of benzene rings is 1. The van der Waals surface area contributed by atoms with Crippen LogP contribution in [0.5, 0.6) is 0 Å². The molecule has 1 aromatic rings. The van der Waals surface area contributed by atoms with Crippen LogP contribution in [0.25, 0.3) is 0 Å². The van der Waals surface area contributed by atoms with E-state index in [1.807, 2.05) is 12.1 Å². The Morgan fingerprint density at radius 3 is 2.58 bits per heavy atom. The average Bonchev–Trinajstić information content (AvgIpc) is 2.05. The van der Waals surface area contributed by atoms with E-state index in [-0.39, 0.29) is 0 Å². The Labute approximate surface area is 86.5 Å². The summed E-state index contributed by atoms with van der Waals surface area (Å²) in [6, 6.07) is 8.22. The maximum absolute atomic E-state index is 8.77. The van der Waals surface area contributed by atoms with Gasteiger partial charge in [0.15, 0.2) is 0 Å². The first-order valence-corrected chi connectivity index (χ1v) is 4.92. The Kier molecular flexibility index (Phi) is 3.10. The molecule has 0 saturated heterocycles. The predicted molar refractivity (Wildman–Crippen MR) is 58.0 cm³/mol. The van der Waals surface area contributed by atoms with Gasteiger partial charge in [0.1, 0.15) is 6.07 Å². The van der Waals surface area contributed by atoms with Crippen molar-refractivity contribution in [2.24, 2.45) is 0 Å². The third-order valence-corrected chi connectivity index (χ3v) is 2.72. The van der Waals surface area contributed by atoms with Crippen molar-refractivity contribution in [1.82, 2.24) is 0 Å². The quantitative estimate of drug-likeness (QED) is 0.719. The fraction of sp³-hybridized carbons (Fsp3) is 0.300. The van der Waals surface area contributed by atoms with Crippen LogP contribution in [0.4, 0.5) is 0 Å². The third kappa shape index (κ3) is 1.98. The van der Waals surface area contributed by atoms with Gasteiger partial charge >= 0.3 is 0 Å². The topological polar surface area (TPSA) is 23.8 Å². The molecule has 0 aliphatic heterocycles. The maximum atomic E-state index is 8.77. The van der Waals surface area contributed by atoms with Crippen molar-refractivity contribution in [3.8, 4) is 6.07 Å². The maximum Gasteiger partial charge on any atom is 0.100 e. The molecule has 1 rings (SSSR count). The summed E-state index contributed by atoms with van der Waals surface area (Å²) in [5.41, 5.74) is 2.01. The molecule has 0 saturated carbocycles. The number of hydrogen-bond acceptors (Lipinski definition) is 1. The van der Waals surface area contributed by atoms with Crippen LogP contribution >= 0.6 is 22.6 Å². The van der Waals surface area contributed by atoms with E-state index in [0.29, 0.717) is 5.92 Å². The first-order valence-electron chi connectivity index (χ1n) is 3.84. The molecule has 0 aliphatic carbocycles. The Morgan fingerprint density at radius 1 is 1.42 bits per heavy atom. The van der Waals surface area contributed by atoms with Gasteiger partial charge in [0.25, 0.3) is 0 Å². The SMILES string of the molecule is CC(C)c1ccc(I)c(C#N)c1. The minimum Gasteiger partial charge on any atom is -0.192 e. The minimum absolute atomic E-state index is 0.495. The van der Waals surface area contributed by atoms with Gasteiger partial charge in [0.2, 0.25) is 0 Å². The Balaban J connectivity index is 3.16. The van der Waals surface area contributed by atoms with E-state index in [9.17, 15) is 0 Å². The molecule has 0 radical (unpaired) electrons. The fourth-order valence-electron chi connectivity index (χ4n) is 0.988. The van der Waals surface area contributed by atoms with Gasteiger partial charge in [-0.15, -0.1) is 0 Å². The van der Waals surface area contributed by atoms with Gasteiger partial charge < -0.3 is 0 Å². The predicted octanol–water partition coefficient (Wildman–Crippen LogP) is 3.29. The lowest BCUT2D eigenvalue weighted by Gasteiger charge is -2.05. The Bertz CT molecular complexity index is 323. The molecule has 0 bridgehead atoms. The van der Waals surface area contributed by atoms with Crippen LogP contribution in [0.3, 0.4) is 0 Å². The van der Waals surface area contributed by atoms with Crippen molar-refractivity contribution >= 4 is 22.6 Å². The van der Waals surface area contributed by atoms with Gasteiger partial charge in [-0.3, -0.25) is 0 Å². The fourth-order valence-corrected chi connectivity index (χ4v) is 1.44. The lowest BCUT2D eigenvalue weighted by atomic mass is 10.0. The highest BCUT2D eigenvalue weighted by molar-refractivity contribution is 14.1. The summed E-state index contributed by atoms with van der Waals surface area (Å²) in [4.78, 5) is 0. The average molecular weight is 271 g/mol. The molecule has 0 aliphatic rings. The summed E-state index contributed by atoms with van der Waals surface area (Å²) in [5, 5.41) is 8.77. The second-order valence-electron chi connectivity index (χ2n) is 3.01. The number of hydrogen-bond donors (Lipinski definition) is 0. The van der Waals surface area contributed by atoms with Crippen LogP contribution in [0.2, 0.25) is 0 Å². The van der Waals surface area contributed by atoms with E-state index < -0.39 is 0 Å². The zero-order chi connectivity index (χ0) is 9.14. The van der Waals surface area contributed by atoms with Crippen molar-refractivity contribution in [2.45, 2.75) is 19.8 Å². The molecule has 0 spiro atoms. The van der Waals surface area contributed by atoms with Crippen molar-refractivity contribution < 1.29 is 0 Å². The summed E-state index contributed by atoms with van der Waals surface area (Å²) in [5.74, 6) is 0.495. The Hall–Kier alpha value is -0.560. The van der Waals surface area contributed by atoms with Crippen LogP contribution < -0.4 is 0 Å². The second-order valence-corrected chi connectivity index (χ2v) is 4.17. The molecule has 1 aromatic carbocycles. The molecule has 0 amide bonds. The van der Waals surface area contributed by atoms with E-state index in [1.165, 1.54) is 5.56 Å². The summed E-state index contributed by atoms with van der Waals surface area (Å²) in [7, 11) is 0. The molecule has 2 heteroatoms. The zero-order valence-electron chi connectivity index (χ0n) is 7.13. The molecule has 0 unspecified atom stereocenters. The molecule has 0 aromatic heterocycles. The number of halogens is 1. The summed E-state index contributed by atoms with van der Waals surface area (Å²) >= 11 is 2.18. The zero-order valence-corrected chi connectivity index (χ0v) is 9.29. The minimum atomic E-state index is 0.495. The Morgan fingerprint density at radius 2 is 2.08 bits per heavy atom. The summed E-state index contributed by atoms with van der Waals surface area (Å²) in [6.07, 6.45) is 0. The largest absolute Gasteiger partial charge is 0.192 e. The van der Waals surface area contributed by atoms with Crippen LogP contribution in [-0.4, -0.2) is 0 Å². The summed E-state index contributed by atoms with van der Waals surface area (Å²) in [6.45, 7) is 4.26. The third-order valence-electron chi connectivity index (χ3n) is 1.78.